The molecule has 0 radical (unpaired) electrons. The minimum atomic E-state index is -0.313. The number of hydrogen-bond acceptors (Lipinski definition) is 4. The van der Waals surface area contributed by atoms with E-state index in [1.54, 1.807) is 4.90 Å². The van der Waals surface area contributed by atoms with Crippen molar-refractivity contribution in [2.24, 2.45) is 0 Å². The Bertz CT molecular complexity index is 536. The van der Waals surface area contributed by atoms with Gasteiger partial charge in [-0.3, -0.25) is 9.59 Å². The summed E-state index contributed by atoms with van der Waals surface area (Å²) in [7, 11) is 0. The predicted octanol–water partition coefficient (Wildman–Crippen LogP) is 1.99. The van der Waals surface area contributed by atoms with Crippen molar-refractivity contribution in [1.82, 2.24) is 9.80 Å². The predicted molar refractivity (Wildman–Crippen MR) is 85.0 cm³/mol. The average molecular weight is 322 g/mol. The van der Waals surface area contributed by atoms with E-state index in [0.29, 0.717) is 24.5 Å². The van der Waals surface area contributed by atoms with Crippen LogP contribution in [0.4, 0.5) is 0 Å². The molecule has 2 saturated heterocycles. The summed E-state index contributed by atoms with van der Waals surface area (Å²) < 4.78 is 5.69. The van der Waals surface area contributed by atoms with Gasteiger partial charge in [-0.05, 0) is 38.1 Å². The number of amides is 2. The van der Waals surface area contributed by atoms with Crippen LogP contribution in [0.5, 0.6) is 0 Å². The molecule has 0 N–H and O–H groups in total. The second-order valence-electron chi connectivity index (χ2n) is 6.13. The van der Waals surface area contributed by atoms with Gasteiger partial charge in [-0.2, -0.15) is 0 Å². The first-order chi connectivity index (χ1) is 10.6. The van der Waals surface area contributed by atoms with Gasteiger partial charge in [0, 0.05) is 19.6 Å². The fourth-order valence-electron chi connectivity index (χ4n) is 3.38. The Hall–Kier alpha value is -1.40. The highest BCUT2D eigenvalue weighted by molar-refractivity contribution is 7.12. The van der Waals surface area contributed by atoms with Crippen LogP contribution in [0, 0.1) is 0 Å². The smallest absolute Gasteiger partial charge is 0.264 e. The molecule has 22 heavy (non-hydrogen) atoms. The molecule has 1 aromatic rings. The van der Waals surface area contributed by atoms with E-state index in [1.807, 2.05) is 36.3 Å². The fourth-order valence-corrected chi connectivity index (χ4v) is 4.06. The van der Waals surface area contributed by atoms with E-state index in [2.05, 4.69) is 0 Å². The minimum absolute atomic E-state index is 0.0137. The van der Waals surface area contributed by atoms with Crippen LogP contribution >= 0.6 is 11.3 Å². The van der Waals surface area contributed by atoms with E-state index in [0.717, 1.165) is 12.8 Å². The number of morpholine rings is 1. The first-order valence-electron chi connectivity index (χ1n) is 7.85. The molecule has 0 bridgehead atoms. The topological polar surface area (TPSA) is 49.9 Å². The van der Waals surface area contributed by atoms with Crippen molar-refractivity contribution in [3.05, 3.63) is 22.4 Å². The van der Waals surface area contributed by atoms with Crippen molar-refractivity contribution < 1.29 is 14.3 Å². The Morgan fingerprint density at radius 2 is 2.00 bits per heavy atom. The van der Waals surface area contributed by atoms with Crippen LogP contribution in [0.1, 0.15) is 36.4 Å². The van der Waals surface area contributed by atoms with E-state index in [1.165, 1.54) is 11.3 Å². The molecule has 0 aliphatic carbocycles. The highest BCUT2D eigenvalue weighted by atomic mass is 32.1. The molecule has 6 heteroatoms. The van der Waals surface area contributed by atoms with Crippen LogP contribution in [-0.2, 0) is 9.53 Å². The first kappa shape index (κ1) is 15.5. The highest BCUT2D eigenvalue weighted by Gasteiger charge is 2.38. The van der Waals surface area contributed by atoms with E-state index < -0.39 is 0 Å². The monoisotopic (exact) mass is 322 g/mol. The number of carbonyl (C=O) groups is 2. The third-order valence-corrected chi connectivity index (χ3v) is 5.12. The van der Waals surface area contributed by atoms with Crippen LogP contribution < -0.4 is 0 Å². The number of thiophene rings is 1. The Labute approximate surface area is 134 Å². The summed E-state index contributed by atoms with van der Waals surface area (Å²) in [4.78, 5) is 29.8. The lowest BCUT2D eigenvalue weighted by atomic mass is 10.1. The Morgan fingerprint density at radius 1 is 1.27 bits per heavy atom. The number of ether oxygens (including phenoxy) is 1. The summed E-state index contributed by atoms with van der Waals surface area (Å²) in [6, 6.07) is 3.38. The van der Waals surface area contributed by atoms with Gasteiger partial charge in [0.25, 0.3) is 5.91 Å². The van der Waals surface area contributed by atoms with Crippen molar-refractivity contribution in [3.63, 3.8) is 0 Å². The van der Waals surface area contributed by atoms with Crippen molar-refractivity contribution in [3.8, 4) is 0 Å². The van der Waals surface area contributed by atoms with Gasteiger partial charge in [0.15, 0.2) is 0 Å². The normalized spacial score (nSPS) is 28.9. The van der Waals surface area contributed by atoms with Crippen molar-refractivity contribution in [1.29, 1.82) is 0 Å². The van der Waals surface area contributed by atoms with E-state index in [9.17, 15) is 9.59 Å². The Morgan fingerprint density at radius 3 is 2.64 bits per heavy atom. The van der Waals surface area contributed by atoms with Gasteiger partial charge in [0.1, 0.15) is 6.04 Å². The number of hydrogen-bond donors (Lipinski definition) is 0. The molecule has 1 aromatic heterocycles. The molecule has 3 atom stereocenters. The van der Waals surface area contributed by atoms with Crippen molar-refractivity contribution in [2.75, 3.05) is 19.6 Å². The van der Waals surface area contributed by atoms with Crippen LogP contribution in [-0.4, -0.2) is 59.5 Å². The van der Waals surface area contributed by atoms with Gasteiger partial charge in [0.05, 0.1) is 17.1 Å². The fraction of sp³-hybridized carbons (Fsp3) is 0.625. The lowest BCUT2D eigenvalue weighted by Crippen LogP contribution is -2.54. The zero-order chi connectivity index (χ0) is 15.7. The summed E-state index contributed by atoms with van der Waals surface area (Å²) in [6.45, 7) is 5.86. The zero-order valence-corrected chi connectivity index (χ0v) is 13.8. The van der Waals surface area contributed by atoms with Gasteiger partial charge in [-0.15, -0.1) is 11.3 Å². The van der Waals surface area contributed by atoms with Crippen LogP contribution in [0.2, 0.25) is 0 Å². The van der Waals surface area contributed by atoms with Gasteiger partial charge < -0.3 is 14.5 Å². The lowest BCUT2D eigenvalue weighted by molar-refractivity contribution is -0.147. The summed E-state index contributed by atoms with van der Waals surface area (Å²) in [6.07, 6.45) is 1.75. The molecule has 2 aliphatic heterocycles. The van der Waals surface area contributed by atoms with Crippen LogP contribution in [0.3, 0.4) is 0 Å². The van der Waals surface area contributed by atoms with E-state index in [-0.39, 0.29) is 30.1 Å². The summed E-state index contributed by atoms with van der Waals surface area (Å²) >= 11 is 1.43. The van der Waals surface area contributed by atoms with Gasteiger partial charge >= 0.3 is 0 Å². The number of carbonyl (C=O) groups excluding carboxylic acids is 2. The van der Waals surface area contributed by atoms with E-state index in [4.69, 9.17) is 4.74 Å². The molecular formula is C16H22N2O3S. The molecule has 120 valence electrons. The number of rotatable bonds is 2. The van der Waals surface area contributed by atoms with Crippen LogP contribution in [0.15, 0.2) is 17.5 Å². The second kappa shape index (κ2) is 6.38. The zero-order valence-electron chi connectivity index (χ0n) is 13.0. The lowest BCUT2D eigenvalue weighted by Gasteiger charge is -2.38. The Balaban J connectivity index is 1.72. The quantitative estimate of drug-likeness (QED) is 0.837. The first-order valence-corrected chi connectivity index (χ1v) is 8.73. The average Bonchev–Trinajstić information content (AvgIpc) is 3.16. The molecule has 3 heterocycles. The molecule has 0 saturated carbocycles. The highest BCUT2D eigenvalue weighted by Crippen LogP contribution is 2.25. The van der Waals surface area contributed by atoms with Gasteiger partial charge in [0.2, 0.25) is 5.91 Å². The maximum Gasteiger partial charge on any atom is 0.264 e. The number of likely N-dealkylation sites (tertiary alicyclic amines) is 1. The maximum atomic E-state index is 12.9. The standard InChI is InChI=1S/C16H22N2O3S/c1-11-9-17(10-12(2)21-11)15(19)13-5-3-7-18(13)16(20)14-6-4-8-22-14/h4,6,8,11-13H,3,5,7,9-10H2,1-2H3. The van der Waals surface area contributed by atoms with Gasteiger partial charge in [-0.25, -0.2) is 0 Å². The van der Waals surface area contributed by atoms with Crippen molar-refractivity contribution in [2.45, 2.75) is 44.9 Å². The summed E-state index contributed by atoms with van der Waals surface area (Å²) in [5.41, 5.74) is 0. The van der Waals surface area contributed by atoms with Gasteiger partial charge in [-0.1, -0.05) is 6.07 Å². The largest absolute Gasteiger partial charge is 0.372 e. The third-order valence-electron chi connectivity index (χ3n) is 4.26. The second-order valence-corrected chi connectivity index (χ2v) is 7.08. The molecule has 2 aliphatic rings. The van der Waals surface area contributed by atoms with Crippen molar-refractivity contribution >= 4 is 23.2 Å². The molecular weight excluding hydrogens is 300 g/mol. The number of nitrogens with zero attached hydrogens (tertiary/aromatic N) is 2. The van der Waals surface area contributed by atoms with Crippen LogP contribution in [0.25, 0.3) is 0 Å². The Kier molecular flexibility index (Phi) is 4.49. The molecule has 3 unspecified atom stereocenters. The minimum Gasteiger partial charge on any atom is -0.372 e. The summed E-state index contributed by atoms with van der Waals surface area (Å²) in [5, 5.41) is 1.89. The maximum absolute atomic E-state index is 12.9. The molecule has 0 aromatic carbocycles. The molecule has 3 rings (SSSR count). The third kappa shape index (κ3) is 3.03. The SMILES string of the molecule is CC1CN(C(=O)C2CCCN2C(=O)c2cccs2)CC(C)O1. The molecule has 5 nitrogen and oxygen atoms in total. The molecule has 0 spiro atoms. The van der Waals surface area contributed by atoms with E-state index >= 15 is 0 Å². The summed E-state index contributed by atoms with van der Waals surface area (Å²) in [5.74, 6) is 0.0598. The molecule has 2 fully saturated rings. The molecule has 2 amide bonds.